The molecule has 0 atom stereocenters. The fourth-order valence-corrected chi connectivity index (χ4v) is 1.64. The molecule has 0 saturated heterocycles. The molecule has 1 heterocycles. The summed E-state index contributed by atoms with van der Waals surface area (Å²) in [4.78, 5) is 15.6. The summed E-state index contributed by atoms with van der Waals surface area (Å²) in [6.45, 7) is 1.53. The van der Waals surface area contributed by atoms with Crippen molar-refractivity contribution in [2.45, 2.75) is 6.92 Å². The molecule has 0 radical (unpaired) electrons. The summed E-state index contributed by atoms with van der Waals surface area (Å²) in [6, 6.07) is 7.21. The van der Waals surface area contributed by atoms with Crippen molar-refractivity contribution >= 4 is 16.7 Å². The molecule has 2 aromatic rings. The van der Waals surface area contributed by atoms with Crippen LogP contribution in [0.4, 0.5) is 0 Å². The van der Waals surface area contributed by atoms with E-state index in [-0.39, 0.29) is 5.78 Å². The number of methoxy groups -OCH3 is 2. The van der Waals surface area contributed by atoms with Gasteiger partial charge in [0.15, 0.2) is 11.5 Å². The maximum Gasteiger partial charge on any atom is 0.257 e. The molecule has 0 aliphatic carbocycles. The van der Waals surface area contributed by atoms with Gasteiger partial charge in [0, 0.05) is 10.9 Å². The summed E-state index contributed by atoms with van der Waals surface area (Å²) in [5.41, 5.74) is 1.35. The molecule has 0 N–H and O–H groups in total. The Hall–Kier alpha value is -2.10. The van der Waals surface area contributed by atoms with Crippen molar-refractivity contribution < 1.29 is 14.3 Å². The average molecular weight is 231 g/mol. The first-order valence-corrected chi connectivity index (χ1v) is 5.19. The molecule has 1 aromatic heterocycles. The largest absolute Gasteiger partial charge is 0.491 e. The standard InChI is InChI=1S/C13H13NO3/c1-8(15)9-4-5-10-7-12(16-2)13(17-3)14-11(10)6-9/h4-7H,1-3H3. The van der Waals surface area contributed by atoms with Crippen LogP contribution in [-0.2, 0) is 0 Å². The molecule has 0 amide bonds. The fraction of sp³-hybridized carbons (Fsp3) is 0.231. The second kappa shape index (κ2) is 4.41. The molecule has 1 aromatic carbocycles. The van der Waals surface area contributed by atoms with Crippen molar-refractivity contribution in [2.75, 3.05) is 14.2 Å². The highest BCUT2D eigenvalue weighted by Crippen LogP contribution is 2.29. The summed E-state index contributed by atoms with van der Waals surface area (Å²) in [6.07, 6.45) is 0. The maximum atomic E-state index is 11.3. The molecule has 4 heteroatoms. The summed E-state index contributed by atoms with van der Waals surface area (Å²) >= 11 is 0. The van der Waals surface area contributed by atoms with Gasteiger partial charge in [-0.15, -0.1) is 0 Å². The van der Waals surface area contributed by atoms with Gasteiger partial charge in [-0.3, -0.25) is 4.79 Å². The second-order valence-electron chi connectivity index (χ2n) is 3.66. The minimum absolute atomic E-state index is 0.0171. The van der Waals surface area contributed by atoms with Crippen molar-refractivity contribution in [3.8, 4) is 11.6 Å². The third-order valence-corrected chi connectivity index (χ3v) is 2.57. The number of aromatic nitrogens is 1. The van der Waals surface area contributed by atoms with Crippen LogP contribution in [0.15, 0.2) is 24.3 Å². The normalized spacial score (nSPS) is 10.3. The molecule has 0 fully saturated rings. The van der Waals surface area contributed by atoms with Gasteiger partial charge in [-0.05, 0) is 19.1 Å². The van der Waals surface area contributed by atoms with Gasteiger partial charge in [-0.1, -0.05) is 12.1 Å². The van der Waals surface area contributed by atoms with Gasteiger partial charge in [0.2, 0.25) is 0 Å². The molecule has 0 aliphatic heterocycles. The average Bonchev–Trinajstić information content (AvgIpc) is 2.36. The Kier molecular flexibility index (Phi) is 2.95. The number of carbonyl (C=O) groups excluding carboxylic acids is 1. The fourth-order valence-electron chi connectivity index (χ4n) is 1.64. The molecule has 0 spiro atoms. The lowest BCUT2D eigenvalue weighted by atomic mass is 10.1. The molecule has 0 bridgehead atoms. The molecular formula is C13H13NO3. The van der Waals surface area contributed by atoms with Crippen LogP contribution < -0.4 is 9.47 Å². The van der Waals surface area contributed by atoms with E-state index in [4.69, 9.17) is 9.47 Å². The number of hydrogen-bond donors (Lipinski definition) is 0. The van der Waals surface area contributed by atoms with Crippen LogP contribution in [0.3, 0.4) is 0 Å². The van der Waals surface area contributed by atoms with E-state index in [1.807, 2.05) is 12.1 Å². The van der Waals surface area contributed by atoms with Gasteiger partial charge < -0.3 is 9.47 Å². The van der Waals surface area contributed by atoms with E-state index in [1.54, 1.807) is 19.2 Å². The number of carbonyl (C=O) groups is 1. The van der Waals surface area contributed by atoms with Crippen molar-refractivity contribution in [2.24, 2.45) is 0 Å². The van der Waals surface area contributed by atoms with Crippen LogP contribution in [0.2, 0.25) is 0 Å². The smallest absolute Gasteiger partial charge is 0.257 e. The highest BCUT2D eigenvalue weighted by molar-refractivity contribution is 5.97. The van der Waals surface area contributed by atoms with E-state index < -0.39 is 0 Å². The first-order chi connectivity index (χ1) is 8.15. The molecule has 4 nitrogen and oxygen atoms in total. The Morgan fingerprint density at radius 2 is 1.94 bits per heavy atom. The Balaban J connectivity index is 2.66. The zero-order valence-corrected chi connectivity index (χ0v) is 9.98. The number of rotatable bonds is 3. The minimum atomic E-state index is 0.0171. The van der Waals surface area contributed by atoms with E-state index in [1.165, 1.54) is 14.0 Å². The number of nitrogens with zero attached hydrogens (tertiary/aromatic N) is 1. The van der Waals surface area contributed by atoms with E-state index in [0.29, 0.717) is 17.2 Å². The highest BCUT2D eigenvalue weighted by Gasteiger charge is 2.09. The van der Waals surface area contributed by atoms with Gasteiger partial charge in [-0.25, -0.2) is 4.98 Å². The van der Waals surface area contributed by atoms with Crippen LogP contribution in [0.5, 0.6) is 11.6 Å². The Bertz CT molecular complexity index is 578. The molecular weight excluding hydrogens is 218 g/mol. The van der Waals surface area contributed by atoms with Gasteiger partial charge in [0.25, 0.3) is 5.88 Å². The van der Waals surface area contributed by atoms with E-state index in [0.717, 1.165) is 10.9 Å². The first-order valence-electron chi connectivity index (χ1n) is 5.19. The zero-order valence-electron chi connectivity index (χ0n) is 9.98. The SMILES string of the molecule is COc1cc2ccc(C(C)=O)cc2nc1OC. The summed E-state index contributed by atoms with van der Waals surface area (Å²) in [5, 5.41) is 0.910. The Labute approximate surface area is 99.2 Å². The predicted octanol–water partition coefficient (Wildman–Crippen LogP) is 2.45. The summed E-state index contributed by atoms with van der Waals surface area (Å²) in [5.74, 6) is 1.01. The Morgan fingerprint density at radius 3 is 2.53 bits per heavy atom. The van der Waals surface area contributed by atoms with Gasteiger partial charge in [-0.2, -0.15) is 0 Å². The molecule has 0 aliphatic rings. The van der Waals surface area contributed by atoms with Gasteiger partial charge in [0.1, 0.15) is 0 Å². The van der Waals surface area contributed by atoms with Crippen LogP contribution in [0.25, 0.3) is 10.9 Å². The topological polar surface area (TPSA) is 48.4 Å². The number of Topliss-reactive ketones (excluding diaryl/α,β-unsaturated/α-hetero) is 1. The third kappa shape index (κ3) is 2.06. The number of ketones is 1. The van der Waals surface area contributed by atoms with E-state index in [9.17, 15) is 4.79 Å². The van der Waals surface area contributed by atoms with Crippen molar-refractivity contribution in [3.63, 3.8) is 0 Å². The van der Waals surface area contributed by atoms with Gasteiger partial charge >= 0.3 is 0 Å². The van der Waals surface area contributed by atoms with Crippen LogP contribution in [-0.4, -0.2) is 25.0 Å². The quantitative estimate of drug-likeness (QED) is 0.761. The Morgan fingerprint density at radius 1 is 1.18 bits per heavy atom. The number of hydrogen-bond acceptors (Lipinski definition) is 4. The number of ether oxygens (including phenoxy) is 2. The number of pyridine rings is 1. The van der Waals surface area contributed by atoms with Crippen LogP contribution in [0, 0.1) is 0 Å². The maximum absolute atomic E-state index is 11.3. The zero-order chi connectivity index (χ0) is 12.4. The lowest BCUT2D eigenvalue weighted by molar-refractivity contribution is 0.101. The highest BCUT2D eigenvalue weighted by atomic mass is 16.5. The first kappa shape index (κ1) is 11.4. The lowest BCUT2D eigenvalue weighted by Gasteiger charge is -2.08. The third-order valence-electron chi connectivity index (χ3n) is 2.57. The number of fused-ring (bicyclic) bond motifs is 1. The van der Waals surface area contributed by atoms with E-state index in [2.05, 4.69) is 4.98 Å². The van der Waals surface area contributed by atoms with Crippen LogP contribution in [0.1, 0.15) is 17.3 Å². The summed E-state index contributed by atoms with van der Waals surface area (Å²) < 4.78 is 10.3. The summed E-state index contributed by atoms with van der Waals surface area (Å²) in [7, 11) is 3.10. The van der Waals surface area contributed by atoms with Crippen molar-refractivity contribution in [1.82, 2.24) is 4.98 Å². The minimum Gasteiger partial charge on any atom is -0.491 e. The molecule has 17 heavy (non-hydrogen) atoms. The molecule has 0 saturated carbocycles. The van der Waals surface area contributed by atoms with Crippen molar-refractivity contribution in [3.05, 3.63) is 29.8 Å². The number of benzene rings is 1. The lowest BCUT2D eigenvalue weighted by Crippen LogP contribution is -1.96. The predicted molar refractivity (Wildman–Crippen MR) is 64.9 cm³/mol. The molecule has 0 unspecified atom stereocenters. The molecule has 88 valence electrons. The second-order valence-corrected chi connectivity index (χ2v) is 3.66. The van der Waals surface area contributed by atoms with Crippen molar-refractivity contribution in [1.29, 1.82) is 0 Å². The van der Waals surface area contributed by atoms with Gasteiger partial charge in [0.05, 0.1) is 19.7 Å². The van der Waals surface area contributed by atoms with E-state index >= 15 is 0 Å². The monoisotopic (exact) mass is 231 g/mol. The molecule has 2 rings (SSSR count). The van der Waals surface area contributed by atoms with Crippen LogP contribution >= 0.6 is 0 Å².